The summed E-state index contributed by atoms with van der Waals surface area (Å²) in [4.78, 5) is 11.2. The fourth-order valence-electron chi connectivity index (χ4n) is 1.19. The molecule has 1 amide bonds. The SMILES string of the molecule is O=C1NC(=S)NC2NC(=S)NC12. The fraction of sp³-hybridized carbons (Fsp3) is 0.400. The Labute approximate surface area is 79.3 Å². The van der Waals surface area contributed by atoms with Crippen LogP contribution in [0.2, 0.25) is 0 Å². The minimum atomic E-state index is -0.357. The van der Waals surface area contributed by atoms with Crippen molar-refractivity contribution in [2.75, 3.05) is 0 Å². The minimum absolute atomic E-state index is 0.156. The monoisotopic (exact) mass is 202 g/mol. The number of rotatable bonds is 0. The van der Waals surface area contributed by atoms with Gasteiger partial charge in [0.15, 0.2) is 10.2 Å². The molecule has 2 saturated heterocycles. The lowest BCUT2D eigenvalue weighted by molar-refractivity contribution is -0.122. The van der Waals surface area contributed by atoms with Gasteiger partial charge in [-0.25, -0.2) is 0 Å². The van der Waals surface area contributed by atoms with Crippen LogP contribution in [0.4, 0.5) is 0 Å². The van der Waals surface area contributed by atoms with E-state index in [1.54, 1.807) is 0 Å². The molecule has 5 nitrogen and oxygen atoms in total. The second-order valence-corrected chi connectivity index (χ2v) is 3.35. The first-order valence-corrected chi connectivity index (χ1v) is 4.17. The molecule has 7 heteroatoms. The molecule has 2 aliphatic heterocycles. The number of thiocarbonyl (C=S) groups is 2. The lowest BCUT2D eigenvalue weighted by atomic mass is 10.2. The van der Waals surface area contributed by atoms with E-state index in [9.17, 15) is 4.79 Å². The molecule has 12 heavy (non-hydrogen) atoms. The molecule has 2 unspecified atom stereocenters. The Morgan fingerprint density at radius 1 is 1.08 bits per heavy atom. The van der Waals surface area contributed by atoms with Gasteiger partial charge in [0, 0.05) is 0 Å². The van der Waals surface area contributed by atoms with Crippen molar-refractivity contribution in [3.63, 3.8) is 0 Å². The molecular weight excluding hydrogens is 196 g/mol. The molecule has 64 valence electrons. The number of fused-ring (bicyclic) bond motifs is 1. The molecule has 0 aliphatic carbocycles. The van der Waals surface area contributed by atoms with Crippen molar-refractivity contribution >= 4 is 40.6 Å². The van der Waals surface area contributed by atoms with Gasteiger partial charge in [-0.15, -0.1) is 0 Å². The Morgan fingerprint density at radius 3 is 2.50 bits per heavy atom. The first kappa shape index (κ1) is 7.69. The molecule has 0 bridgehead atoms. The van der Waals surface area contributed by atoms with Gasteiger partial charge in [0.2, 0.25) is 0 Å². The Bertz CT molecular complexity index is 279. The molecule has 0 aromatic heterocycles. The maximum Gasteiger partial charge on any atom is 0.252 e. The van der Waals surface area contributed by atoms with E-state index in [0.717, 1.165) is 0 Å². The summed E-state index contributed by atoms with van der Waals surface area (Å²) in [5.74, 6) is -0.156. The summed E-state index contributed by atoms with van der Waals surface area (Å²) in [6.45, 7) is 0. The zero-order chi connectivity index (χ0) is 8.72. The second-order valence-electron chi connectivity index (χ2n) is 2.54. The van der Waals surface area contributed by atoms with Crippen LogP contribution in [0.15, 0.2) is 0 Å². The average Bonchev–Trinajstić information content (AvgIpc) is 2.29. The number of hydrogen-bond acceptors (Lipinski definition) is 3. The summed E-state index contributed by atoms with van der Waals surface area (Å²) < 4.78 is 0. The van der Waals surface area contributed by atoms with Crippen LogP contribution in [0.1, 0.15) is 0 Å². The standard InChI is InChI=1S/C5H6N4OS2/c10-3-1-2(7-4(11)6-1)8-5(12)9-3/h1-2H,(H2,6,7,11)(H2,8,9,10,12). The van der Waals surface area contributed by atoms with Crippen LogP contribution in [0, 0.1) is 0 Å². The van der Waals surface area contributed by atoms with E-state index in [1.807, 2.05) is 0 Å². The molecule has 0 spiro atoms. The normalized spacial score (nSPS) is 32.8. The van der Waals surface area contributed by atoms with E-state index in [-0.39, 0.29) is 18.1 Å². The topological polar surface area (TPSA) is 65.2 Å². The summed E-state index contributed by atoms with van der Waals surface area (Å²) >= 11 is 9.63. The molecule has 0 aromatic carbocycles. The van der Waals surface area contributed by atoms with E-state index in [1.165, 1.54) is 0 Å². The second kappa shape index (κ2) is 2.53. The lowest BCUT2D eigenvalue weighted by Crippen LogP contribution is -2.64. The van der Waals surface area contributed by atoms with E-state index in [0.29, 0.717) is 10.2 Å². The Balaban J connectivity index is 2.20. The third-order valence-electron chi connectivity index (χ3n) is 1.71. The van der Waals surface area contributed by atoms with E-state index in [2.05, 4.69) is 21.3 Å². The van der Waals surface area contributed by atoms with Gasteiger partial charge >= 0.3 is 0 Å². The van der Waals surface area contributed by atoms with Crippen molar-refractivity contribution in [2.24, 2.45) is 0 Å². The Kier molecular flexibility index (Phi) is 1.62. The first-order chi connectivity index (χ1) is 5.66. The fourth-order valence-corrected chi connectivity index (χ4v) is 1.68. The molecule has 0 radical (unpaired) electrons. The largest absolute Gasteiger partial charge is 0.348 e. The van der Waals surface area contributed by atoms with Crippen LogP contribution >= 0.6 is 24.4 Å². The zero-order valence-corrected chi connectivity index (χ0v) is 7.51. The number of carbonyl (C=O) groups excluding carboxylic acids is 1. The first-order valence-electron chi connectivity index (χ1n) is 3.35. The van der Waals surface area contributed by atoms with Crippen LogP contribution in [-0.4, -0.2) is 28.3 Å². The van der Waals surface area contributed by atoms with Gasteiger partial charge in [-0.1, -0.05) is 0 Å². The third kappa shape index (κ3) is 1.10. The maximum absolute atomic E-state index is 11.2. The highest BCUT2D eigenvalue weighted by atomic mass is 32.1. The quantitative estimate of drug-likeness (QED) is 0.346. The number of hydrogen-bond donors (Lipinski definition) is 4. The van der Waals surface area contributed by atoms with Gasteiger partial charge in [0.1, 0.15) is 12.2 Å². The third-order valence-corrected chi connectivity index (χ3v) is 2.17. The van der Waals surface area contributed by atoms with Crippen molar-refractivity contribution < 1.29 is 4.79 Å². The average molecular weight is 202 g/mol. The summed E-state index contributed by atoms with van der Waals surface area (Å²) in [6.07, 6.45) is -0.209. The van der Waals surface area contributed by atoms with Gasteiger partial charge in [-0.3, -0.25) is 4.79 Å². The van der Waals surface area contributed by atoms with Gasteiger partial charge < -0.3 is 21.3 Å². The van der Waals surface area contributed by atoms with Gasteiger partial charge in [-0.2, -0.15) is 0 Å². The molecule has 2 heterocycles. The molecule has 0 saturated carbocycles. The Hall–Kier alpha value is -0.950. The number of carbonyl (C=O) groups is 1. The summed E-state index contributed by atoms with van der Waals surface area (Å²) in [7, 11) is 0. The zero-order valence-electron chi connectivity index (χ0n) is 5.88. The molecular formula is C5H6N4OS2. The predicted octanol–water partition coefficient (Wildman–Crippen LogP) is -1.84. The van der Waals surface area contributed by atoms with Crippen LogP contribution < -0.4 is 21.3 Å². The van der Waals surface area contributed by atoms with Crippen molar-refractivity contribution in [1.82, 2.24) is 21.3 Å². The minimum Gasteiger partial charge on any atom is -0.348 e. The van der Waals surface area contributed by atoms with Crippen LogP contribution in [0.5, 0.6) is 0 Å². The maximum atomic E-state index is 11.2. The number of nitrogens with one attached hydrogen (secondary N) is 4. The van der Waals surface area contributed by atoms with Crippen molar-refractivity contribution in [2.45, 2.75) is 12.2 Å². The van der Waals surface area contributed by atoms with Gasteiger partial charge in [0.05, 0.1) is 0 Å². The summed E-state index contributed by atoms with van der Waals surface area (Å²) in [6, 6.07) is -0.357. The highest BCUT2D eigenvalue weighted by Crippen LogP contribution is 2.02. The van der Waals surface area contributed by atoms with Crippen molar-refractivity contribution in [3.8, 4) is 0 Å². The lowest BCUT2D eigenvalue weighted by Gasteiger charge is -2.26. The smallest absolute Gasteiger partial charge is 0.252 e. The van der Waals surface area contributed by atoms with Crippen molar-refractivity contribution in [3.05, 3.63) is 0 Å². The van der Waals surface area contributed by atoms with E-state index in [4.69, 9.17) is 24.4 Å². The Morgan fingerprint density at radius 2 is 1.75 bits per heavy atom. The summed E-state index contributed by atoms with van der Waals surface area (Å²) in [5, 5.41) is 11.9. The highest BCUT2D eigenvalue weighted by molar-refractivity contribution is 7.80. The van der Waals surface area contributed by atoms with E-state index >= 15 is 0 Å². The summed E-state index contributed by atoms with van der Waals surface area (Å²) in [5.41, 5.74) is 0. The van der Waals surface area contributed by atoms with Crippen LogP contribution in [0.25, 0.3) is 0 Å². The van der Waals surface area contributed by atoms with Crippen molar-refractivity contribution in [1.29, 1.82) is 0 Å². The molecule has 2 aliphatic rings. The van der Waals surface area contributed by atoms with Gasteiger partial charge in [0.25, 0.3) is 5.91 Å². The van der Waals surface area contributed by atoms with Gasteiger partial charge in [-0.05, 0) is 24.4 Å². The molecule has 2 atom stereocenters. The molecule has 0 aromatic rings. The molecule has 2 fully saturated rings. The molecule has 2 rings (SSSR count). The number of amides is 1. The predicted molar refractivity (Wildman–Crippen MR) is 50.3 cm³/mol. The van der Waals surface area contributed by atoms with Crippen LogP contribution in [-0.2, 0) is 4.79 Å². The molecule has 4 N–H and O–H groups in total. The van der Waals surface area contributed by atoms with Crippen LogP contribution in [0.3, 0.4) is 0 Å². The van der Waals surface area contributed by atoms with E-state index < -0.39 is 0 Å². The highest BCUT2D eigenvalue weighted by Gasteiger charge is 2.39.